The van der Waals surface area contributed by atoms with Crippen molar-refractivity contribution in [1.29, 1.82) is 0 Å². The summed E-state index contributed by atoms with van der Waals surface area (Å²) in [6.07, 6.45) is 0.168. The average Bonchev–Trinajstić information content (AvgIpc) is 2.32. The Balaban J connectivity index is 2.24. The van der Waals surface area contributed by atoms with E-state index in [9.17, 15) is 18.6 Å². The lowest BCUT2D eigenvalue weighted by Gasteiger charge is -2.41. The summed E-state index contributed by atoms with van der Waals surface area (Å²) in [5, 5.41) is 20.6. The maximum Gasteiger partial charge on any atom is 0.211 e. The van der Waals surface area contributed by atoms with Crippen LogP contribution in [0.25, 0.3) is 0 Å². The highest BCUT2D eigenvalue weighted by atomic mass is 32.2. The molecule has 0 saturated carbocycles. The van der Waals surface area contributed by atoms with Crippen molar-refractivity contribution in [2.75, 3.05) is 19.3 Å². The number of hydrogen-bond acceptors (Lipinski definition) is 4. The van der Waals surface area contributed by atoms with Gasteiger partial charge in [-0.25, -0.2) is 8.42 Å². The first-order valence-corrected chi connectivity index (χ1v) is 7.60. The second kappa shape index (κ2) is 4.62. The molecule has 0 unspecified atom stereocenters. The van der Waals surface area contributed by atoms with E-state index in [0.717, 1.165) is 6.26 Å². The van der Waals surface area contributed by atoms with Gasteiger partial charge in [0.25, 0.3) is 0 Å². The summed E-state index contributed by atoms with van der Waals surface area (Å²) in [6, 6.07) is 8.86. The van der Waals surface area contributed by atoms with Gasteiger partial charge in [-0.15, -0.1) is 0 Å². The van der Waals surface area contributed by atoms with Gasteiger partial charge in [0.05, 0.1) is 6.26 Å². The monoisotopic (exact) mass is 271 g/mol. The van der Waals surface area contributed by atoms with Crippen molar-refractivity contribution in [1.82, 2.24) is 4.31 Å². The van der Waals surface area contributed by atoms with Crippen LogP contribution in [-0.4, -0.2) is 48.4 Å². The first kappa shape index (κ1) is 13.5. The number of benzene rings is 1. The molecule has 1 fully saturated rings. The van der Waals surface area contributed by atoms with Crippen molar-refractivity contribution in [2.24, 2.45) is 0 Å². The van der Waals surface area contributed by atoms with Gasteiger partial charge in [-0.05, 0) is 12.0 Å². The molecule has 1 aliphatic rings. The molecule has 6 heteroatoms. The zero-order valence-electron chi connectivity index (χ0n) is 10.2. The van der Waals surface area contributed by atoms with Crippen molar-refractivity contribution in [3.63, 3.8) is 0 Å². The number of hydrogen-bond donors (Lipinski definition) is 2. The first-order chi connectivity index (χ1) is 8.34. The molecule has 100 valence electrons. The Kier molecular flexibility index (Phi) is 3.46. The Bertz CT molecular complexity index is 516. The number of aliphatic hydroxyl groups excluding tert-OH is 1. The summed E-state index contributed by atoms with van der Waals surface area (Å²) in [5.41, 5.74) is -0.756. The molecule has 0 aliphatic carbocycles. The summed E-state index contributed by atoms with van der Waals surface area (Å²) in [5.74, 6) is 0. The fourth-order valence-corrected chi connectivity index (χ4v) is 3.10. The highest BCUT2D eigenvalue weighted by Gasteiger charge is 2.43. The smallest absolute Gasteiger partial charge is 0.211 e. The van der Waals surface area contributed by atoms with Gasteiger partial charge in [0, 0.05) is 13.1 Å². The lowest BCUT2D eigenvalue weighted by atomic mass is 9.83. The summed E-state index contributed by atoms with van der Waals surface area (Å²) < 4.78 is 24.0. The molecule has 5 nitrogen and oxygen atoms in total. The lowest BCUT2D eigenvalue weighted by Crippen LogP contribution is -2.54. The highest BCUT2D eigenvalue weighted by Crippen LogP contribution is 2.33. The van der Waals surface area contributed by atoms with Gasteiger partial charge in [0.15, 0.2) is 0 Å². The van der Waals surface area contributed by atoms with E-state index in [2.05, 4.69) is 0 Å². The predicted molar refractivity (Wildman–Crippen MR) is 67.4 cm³/mol. The molecule has 0 spiro atoms. The number of sulfonamides is 1. The number of aliphatic hydroxyl groups is 2. The van der Waals surface area contributed by atoms with Crippen LogP contribution in [0.5, 0.6) is 0 Å². The molecular formula is C12H17NO4S. The van der Waals surface area contributed by atoms with Crippen molar-refractivity contribution in [2.45, 2.75) is 18.1 Å². The molecule has 0 radical (unpaired) electrons. The van der Waals surface area contributed by atoms with Gasteiger partial charge in [-0.3, -0.25) is 0 Å². The van der Waals surface area contributed by atoms with Crippen LogP contribution < -0.4 is 0 Å². The van der Waals surface area contributed by atoms with Crippen LogP contribution in [0.2, 0.25) is 0 Å². The van der Waals surface area contributed by atoms with E-state index in [1.54, 1.807) is 24.3 Å². The van der Waals surface area contributed by atoms with E-state index in [1.807, 2.05) is 6.07 Å². The second-order valence-corrected chi connectivity index (χ2v) is 6.66. The third kappa shape index (κ3) is 2.42. The molecule has 18 heavy (non-hydrogen) atoms. The SMILES string of the molecule is CS(=O)(=O)N1CC[C@@](O)(c2ccccc2)[C@@H](O)C1. The van der Waals surface area contributed by atoms with E-state index in [0.29, 0.717) is 5.56 Å². The molecule has 0 amide bonds. The van der Waals surface area contributed by atoms with Gasteiger partial charge in [0.1, 0.15) is 11.7 Å². The quantitative estimate of drug-likeness (QED) is 0.787. The zero-order valence-corrected chi connectivity index (χ0v) is 11.0. The largest absolute Gasteiger partial charge is 0.388 e. The Labute approximate surface area is 107 Å². The minimum atomic E-state index is -3.33. The number of nitrogens with zero attached hydrogens (tertiary/aromatic N) is 1. The summed E-state index contributed by atoms with van der Waals surface area (Å²) >= 11 is 0. The third-order valence-electron chi connectivity index (χ3n) is 3.41. The molecular weight excluding hydrogens is 254 g/mol. The van der Waals surface area contributed by atoms with E-state index < -0.39 is 21.7 Å². The van der Waals surface area contributed by atoms with Gasteiger partial charge in [0.2, 0.25) is 10.0 Å². The minimum absolute atomic E-state index is 0.0791. The van der Waals surface area contributed by atoms with Crippen LogP contribution >= 0.6 is 0 Å². The minimum Gasteiger partial charge on any atom is -0.388 e. The molecule has 1 aliphatic heterocycles. The normalized spacial score (nSPS) is 30.3. The van der Waals surface area contributed by atoms with Gasteiger partial charge in [-0.1, -0.05) is 30.3 Å². The number of piperidine rings is 1. The van der Waals surface area contributed by atoms with Crippen molar-refractivity contribution in [3.05, 3.63) is 35.9 Å². The van der Waals surface area contributed by atoms with Crippen molar-refractivity contribution < 1.29 is 18.6 Å². The van der Waals surface area contributed by atoms with Crippen LogP contribution in [0, 0.1) is 0 Å². The molecule has 1 saturated heterocycles. The fourth-order valence-electron chi connectivity index (χ4n) is 2.26. The Morgan fingerprint density at radius 3 is 2.44 bits per heavy atom. The maximum absolute atomic E-state index is 11.4. The molecule has 0 aromatic heterocycles. The van der Waals surface area contributed by atoms with Gasteiger partial charge < -0.3 is 10.2 Å². The van der Waals surface area contributed by atoms with Crippen LogP contribution in [0.15, 0.2) is 30.3 Å². The van der Waals surface area contributed by atoms with Gasteiger partial charge >= 0.3 is 0 Å². The zero-order chi connectivity index (χ0) is 13.4. The Hall–Kier alpha value is -0.950. The van der Waals surface area contributed by atoms with Crippen molar-refractivity contribution in [3.8, 4) is 0 Å². The van der Waals surface area contributed by atoms with E-state index in [1.165, 1.54) is 4.31 Å². The molecule has 1 heterocycles. The lowest BCUT2D eigenvalue weighted by molar-refractivity contribution is -0.112. The molecule has 2 rings (SSSR count). The average molecular weight is 271 g/mol. The fraction of sp³-hybridized carbons (Fsp3) is 0.500. The molecule has 2 N–H and O–H groups in total. The first-order valence-electron chi connectivity index (χ1n) is 5.75. The third-order valence-corrected chi connectivity index (χ3v) is 4.68. The van der Waals surface area contributed by atoms with Crippen LogP contribution in [-0.2, 0) is 15.6 Å². The molecule has 1 aromatic rings. The standard InChI is InChI=1S/C12H17NO4S/c1-18(16,17)13-8-7-12(15,11(14)9-13)10-5-3-2-4-6-10/h2-6,11,14-15H,7-9H2,1H3/t11-,12+/m0/s1. The summed E-state index contributed by atoms with van der Waals surface area (Å²) in [7, 11) is -3.33. The predicted octanol–water partition coefficient (Wildman–Crippen LogP) is -0.0996. The molecule has 1 aromatic carbocycles. The van der Waals surface area contributed by atoms with Crippen molar-refractivity contribution >= 4 is 10.0 Å². The highest BCUT2D eigenvalue weighted by molar-refractivity contribution is 7.88. The molecule has 0 bridgehead atoms. The van der Waals surface area contributed by atoms with Crippen LogP contribution in [0.3, 0.4) is 0 Å². The molecule has 2 atom stereocenters. The Morgan fingerprint density at radius 2 is 1.94 bits per heavy atom. The van der Waals surface area contributed by atoms with Gasteiger partial charge in [-0.2, -0.15) is 4.31 Å². The van der Waals surface area contributed by atoms with E-state index >= 15 is 0 Å². The van der Waals surface area contributed by atoms with E-state index in [-0.39, 0.29) is 19.5 Å². The number of β-amino-alcohol motifs (C(OH)–C–C–N with tert-alkyl or cyclic N) is 1. The topological polar surface area (TPSA) is 77.8 Å². The summed E-state index contributed by atoms with van der Waals surface area (Å²) in [6.45, 7) is 0.130. The Morgan fingerprint density at radius 1 is 1.33 bits per heavy atom. The number of rotatable bonds is 2. The van der Waals surface area contributed by atoms with Crippen LogP contribution in [0.1, 0.15) is 12.0 Å². The second-order valence-electron chi connectivity index (χ2n) is 4.68. The summed E-state index contributed by atoms with van der Waals surface area (Å²) in [4.78, 5) is 0. The van der Waals surface area contributed by atoms with Crippen LogP contribution in [0.4, 0.5) is 0 Å². The van der Waals surface area contributed by atoms with E-state index in [4.69, 9.17) is 0 Å². The maximum atomic E-state index is 11.4.